The van der Waals surface area contributed by atoms with Gasteiger partial charge in [0.25, 0.3) is 15.9 Å². The molecule has 1 aliphatic heterocycles. The van der Waals surface area contributed by atoms with E-state index in [0.717, 1.165) is 36.2 Å². The second kappa shape index (κ2) is 16.4. The first kappa shape index (κ1) is 38.2. The van der Waals surface area contributed by atoms with E-state index in [-0.39, 0.29) is 58.5 Å². The Morgan fingerprint density at radius 3 is 2.31 bits per heavy atom. The number of aliphatic hydroxyl groups is 1. The molecule has 1 aliphatic rings. The zero-order valence-corrected chi connectivity index (χ0v) is 30.1. The average Bonchev–Trinajstić information content (AvgIpc) is 3.06. The number of likely N-dealkylation sites (N-methyl/N-ethyl adjacent to an activating group) is 1. The van der Waals surface area contributed by atoms with Gasteiger partial charge in [0, 0.05) is 38.3 Å². The number of hydrogen-bond donors (Lipinski definition) is 2. The van der Waals surface area contributed by atoms with E-state index in [9.17, 15) is 31.1 Å². The first-order chi connectivity index (χ1) is 23.1. The molecular formula is C35H46FN3O8S2. The van der Waals surface area contributed by atoms with Crippen molar-refractivity contribution in [3.8, 4) is 5.75 Å². The molecule has 0 saturated carbocycles. The molecule has 1 heterocycles. The summed E-state index contributed by atoms with van der Waals surface area (Å²) < 4.78 is 82.8. The van der Waals surface area contributed by atoms with Crippen molar-refractivity contribution in [2.75, 3.05) is 38.1 Å². The molecule has 4 rings (SSSR count). The Morgan fingerprint density at radius 2 is 1.65 bits per heavy atom. The minimum absolute atomic E-state index is 0.0261. The lowest BCUT2D eigenvalue weighted by atomic mass is 10.0. The van der Waals surface area contributed by atoms with Crippen LogP contribution in [0.4, 0.5) is 10.1 Å². The number of amides is 1. The number of carbonyl (C=O) groups is 1. The molecule has 0 unspecified atom stereocenters. The maximum absolute atomic E-state index is 14.4. The summed E-state index contributed by atoms with van der Waals surface area (Å²) in [5, 5.41) is 10.2. The Hall–Kier alpha value is -3.56. The second-order valence-electron chi connectivity index (χ2n) is 12.7. The highest BCUT2D eigenvalue weighted by molar-refractivity contribution is 7.92. The number of anilines is 1. The number of benzene rings is 3. The van der Waals surface area contributed by atoms with Crippen LogP contribution in [-0.4, -0.2) is 88.7 Å². The van der Waals surface area contributed by atoms with Crippen LogP contribution in [0.2, 0.25) is 0 Å². The lowest BCUT2D eigenvalue weighted by Crippen LogP contribution is -2.48. The summed E-state index contributed by atoms with van der Waals surface area (Å²) >= 11 is 0. The Labute approximate surface area is 289 Å². The average molecular weight is 720 g/mol. The maximum atomic E-state index is 14.4. The molecule has 14 heteroatoms. The van der Waals surface area contributed by atoms with Gasteiger partial charge in [0.15, 0.2) is 0 Å². The van der Waals surface area contributed by atoms with E-state index in [1.165, 1.54) is 34.5 Å². The lowest BCUT2D eigenvalue weighted by molar-refractivity contribution is -0.00833. The molecule has 0 bridgehead atoms. The van der Waals surface area contributed by atoms with Gasteiger partial charge in [0.05, 0.1) is 40.2 Å². The predicted octanol–water partition coefficient (Wildman–Crippen LogP) is 5.05. The van der Waals surface area contributed by atoms with Crippen molar-refractivity contribution in [3.05, 3.63) is 83.7 Å². The number of rotatable bonds is 9. The third kappa shape index (κ3) is 9.79. The summed E-state index contributed by atoms with van der Waals surface area (Å²) in [5.74, 6) is -1.24. The van der Waals surface area contributed by atoms with E-state index in [2.05, 4.69) is 4.72 Å². The number of fused-ring (bicyclic) bond motifs is 1. The largest absolute Gasteiger partial charge is 0.490 e. The van der Waals surface area contributed by atoms with Gasteiger partial charge >= 0.3 is 0 Å². The van der Waals surface area contributed by atoms with Crippen molar-refractivity contribution in [2.24, 2.45) is 5.92 Å². The van der Waals surface area contributed by atoms with E-state index < -0.39 is 43.9 Å². The van der Waals surface area contributed by atoms with Crippen LogP contribution in [0, 0.1) is 18.7 Å². The monoisotopic (exact) mass is 719 g/mol. The Balaban J connectivity index is 1.67. The molecule has 0 fully saturated rings. The molecule has 0 aliphatic carbocycles. The first-order valence-electron chi connectivity index (χ1n) is 16.3. The standard InChI is InChI=1S/C35H46FN3O8S2/c1-24-9-14-31(15-10-24)49(44,45)38(5)22-34-25(2)21-39(26(3)23-40)35(41)32-20-29(37-48(42,43)30-16-11-28(36)12-17-30)13-18-33(32)47-27(4)8-6-7-19-46-34/h9-18,20,25-27,34,37,40H,6-8,19,21-23H2,1-5H3/t25-,26+,27-,34+/m0/s1. The fourth-order valence-corrected chi connectivity index (χ4v) is 7.75. The summed E-state index contributed by atoms with van der Waals surface area (Å²) in [5.41, 5.74) is 1.10. The number of aliphatic hydroxyl groups excluding tert-OH is 1. The molecule has 0 radical (unpaired) electrons. The lowest BCUT2D eigenvalue weighted by Gasteiger charge is -2.35. The molecule has 11 nitrogen and oxygen atoms in total. The van der Waals surface area contributed by atoms with Crippen LogP contribution in [0.15, 0.2) is 76.5 Å². The molecule has 0 aromatic heterocycles. The number of aryl methyl sites for hydroxylation is 1. The van der Waals surface area contributed by atoms with Gasteiger partial charge in [-0.25, -0.2) is 21.2 Å². The van der Waals surface area contributed by atoms with Gasteiger partial charge in [-0.05, 0) is 94.6 Å². The van der Waals surface area contributed by atoms with Crippen LogP contribution >= 0.6 is 0 Å². The molecule has 268 valence electrons. The van der Waals surface area contributed by atoms with Crippen LogP contribution in [0.1, 0.15) is 56.0 Å². The zero-order chi connectivity index (χ0) is 35.9. The number of hydrogen-bond acceptors (Lipinski definition) is 8. The number of nitrogens with zero attached hydrogens (tertiary/aromatic N) is 2. The van der Waals surface area contributed by atoms with Crippen LogP contribution in [0.5, 0.6) is 5.75 Å². The Bertz CT molecular complexity index is 1790. The summed E-state index contributed by atoms with van der Waals surface area (Å²) in [6.07, 6.45) is 1.16. The van der Waals surface area contributed by atoms with E-state index in [1.807, 2.05) is 20.8 Å². The van der Waals surface area contributed by atoms with Gasteiger partial charge in [-0.3, -0.25) is 9.52 Å². The minimum atomic E-state index is -4.12. The Morgan fingerprint density at radius 1 is 1.00 bits per heavy atom. The van der Waals surface area contributed by atoms with E-state index in [4.69, 9.17) is 9.47 Å². The van der Waals surface area contributed by atoms with Crippen LogP contribution in [-0.2, 0) is 24.8 Å². The zero-order valence-electron chi connectivity index (χ0n) is 28.5. The molecule has 49 heavy (non-hydrogen) atoms. The third-order valence-electron chi connectivity index (χ3n) is 8.59. The van der Waals surface area contributed by atoms with Crippen molar-refractivity contribution in [1.82, 2.24) is 9.21 Å². The summed E-state index contributed by atoms with van der Waals surface area (Å²) in [6, 6.07) is 14.7. The van der Waals surface area contributed by atoms with E-state index in [0.29, 0.717) is 19.4 Å². The fraction of sp³-hybridized carbons (Fsp3) is 0.457. The van der Waals surface area contributed by atoms with Crippen LogP contribution < -0.4 is 9.46 Å². The highest BCUT2D eigenvalue weighted by Gasteiger charge is 2.32. The Kier molecular flexibility index (Phi) is 12.8. The topological polar surface area (TPSA) is 143 Å². The maximum Gasteiger partial charge on any atom is 0.261 e. The van der Waals surface area contributed by atoms with Crippen molar-refractivity contribution in [1.29, 1.82) is 0 Å². The molecule has 0 spiro atoms. The van der Waals surface area contributed by atoms with Gasteiger partial charge < -0.3 is 19.5 Å². The van der Waals surface area contributed by atoms with Gasteiger partial charge in [0.1, 0.15) is 11.6 Å². The molecule has 3 aromatic carbocycles. The predicted molar refractivity (Wildman–Crippen MR) is 185 cm³/mol. The summed E-state index contributed by atoms with van der Waals surface area (Å²) in [6.45, 7) is 7.41. The fourth-order valence-electron chi connectivity index (χ4n) is 5.52. The molecule has 1 amide bonds. The van der Waals surface area contributed by atoms with Crippen molar-refractivity contribution in [3.63, 3.8) is 0 Å². The SMILES string of the molecule is Cc1ccc(S(=O)(=O)N(C)C[C@H]2OCCCC[C@H](C)Oc3ccc(NS(=O)(=O)c4ccc(F)cc4)cc3C(=O)N([C@H](C)CO)C[C@@H]2C)cc1. The number of halogens is 1. The highest BCUT2D eigenvalue weighted by Crippen LogP contribution is 2.30. The molecule has 0 saturated heterocycles. The normalized spacial score (nSPS) is 20.6. The number of ether oxygens (including phenoxy) is 2. The van der Waals surface area contributed by atoms with Gasteiger partial charge in [-0.2, -0.15) is 4.31 Å². The smallest absolute Gasteiger partial charge is 0.261 e. The van der Waals surface area contributed by atoms with Gasteiger partial charge in [-0.1, -0.05) is 24.6 Å². The van der Waals surface area contributed by atoms with Crippen molar-refractivity contribution < 1.29 is 40.6 Å². The summed E-state index contributed by atoms with van der Waals surface area (Å²) in [7, 11) is -6.46. The second-order valence-corrected chi connectivity index (χ2v) is 16.4. The third-order valence-corrected chi connectivity index (χ3v) is 11.8. The van der Waals surface area contributed by atoms with E-state index in [1.54, 1.807) is 31.2 Å². The summed E-state index contributed by atoms with van der Waals surface area (Å²) in [4.78, 5) is 15.8. The number of nitrogens with one attached hydrogen (secondary N) is 1. The highest BCUT2D eigenvalue weighted by atomic mass is 32.2. The van der Waals surface area contributed by atoms with Crippen LogP contribution in [0.3, 0.4) is 0 Å². The van der Waals surface area contributed by atoms with Crippen molar-refractivity contribution in [2.45, 2.75) is 75.0 Å². The molecular weight excluding hydrogens is 674 g/mol. The van der Waals surface area contributed by atoms with Crippen molar-refractivity contribution >= 4 is 31.6 Å². The minimum Gasteiger partial charge on any atom is -0.490 e. The molecule has 2 N–H and O–H groups in total. The first-order valence-corrected chi connectivity index (χ1v) is 19.2. The number of carbonyl (C=O) groups excluding carboxylic acids is 1. The molecule has 4 atom stereocenters. The quantitative estimate of drug-likeness (QED) is 0.313. The number of sulfonamides is 2. The molecule has 3 aromatic rings. The van der Waals surface area contributed by atoms with Gasteiger partial charge in [0.2, 0.25) is 10.0 Å². The van der Waals surface area contributed by atoms with Gasteiger partial charge in [-0.15, -0.1) is 0 Å². The van der Waals surface area contributed by atoms with Crippen LogP contribution in [0.25, 0.3) is 0 Å². The van der Waals surface area contributed by atoms with E-state index >= 15 is 0 Å².